The summed E-state index contributed by atoms with van der Waals surface area (Å²) in [5.41, 5.74) is 6.83. The number of hydrogen-bond acceptors (Lipinski definition) is 0. The topological polar surface area (TPSA) is 0 Å². The van der Waals surface area contributed by atoms with Crippen molar-refractivity contribution in [3.63, 3.8) is 0 Å². The van der Waals surface area contributed by atoms with Gasteiger partial charge in [-0.3, -0.25) is 12.2 Å². The van der Waals surface area contributed by atoms with E-state index in [2.05, 4.69) is 24.3 Å². The molecule has 0 saturated carbocycles. The Hall–Kier alpha value is -1.29. The van der Waals surface area contributed by atoms with Crippen molar-refractivity contribution < 1.29 is 59.4 Å². The SMILES string of the molecule is CC1=[C-]CC=C1c1ccc(F)cc1.CC1=[C-]CC=C1c1ccc(F)cc1.[Cl-].[Cl-].[Hf+4]. The van der Waals surface area contributed by atoms with Gasteiger partial charge in [-0.25, -0.2) is 19.9 Å². The van der Waals surface area contributed by atoms with Gasteiger partial charge in [0, 0.05) is 0 Å². The average Bonchev–Trinajstić information content (AvgIpc) is 3.25. The van der Waals surface area contributed by atoms with E-state index in [0.717, 1.165) is 35.1 Å². The number of halogens is 4. The molecular weight excluding hydrogens is 576 g/mol. The van der Waals surface area contributed by atoms with Crippen LogP contribution in [-0.2, 0) is 25.8 Å². The number of rotatable bonds is 2. The van der Waals surface area contributed by atoms with Gasteiger partial charge in [-0.2, -0.15) is 23.3 Å². The fourth-order valence-electron chi connectivity index (χ4n) is 3.04. The third-order valence-electron chi connectivity index (χ3n) is 4.47. The summed E-state index contributed by atoms with van der Waals surface area (Å²) >= 11 is 0. The van der Waals surface area contributed by atoms with E-state index in [0.29, 0.717) is 0 Å². The summed E-state index contributed by atoms with van der Waals surface area (Å²) in [5.74, 6) is -0.374. The van der Waals surface area contributed by atoms with Crippen molar-refractivity contribution in [3.05, 3.63) is 107 Å². The second-order valence-electron chi connectivity index (χ2n) is 6.26. The van der Waals surface area contributed by atoms with E-state index in [-0.39, 0.29) is 62.3 Å². The predicted molar refractivity (Wildman–Crippen MR) is 103 cm³/mol. The zero-order valence-electron chi connectivity index (χ0n) is 16.2. The fourth-order valence-corrected chi connectivity index (χ4v) is 3.04. The van der Waals surface area contributed by atoms with Crippen LogP contribution >= 0.6 is 0 Å². The molecule has 4 rings (SSSR count). The maximum Gasteiger partial charge on any atom is 4.00 e. The molecule has 0 aliphatic heterocycles. The molecular formula is C24H20Cl2F2Hf. The summed E-state index contributed by atoms with van der Waals surface area (Å²) < 4.78 is 25.3. The minimum atomic E-state index is -0.187. The number of allylic oxidation sites excluding steroid dienone is 8. The van der Waals surface area contributed by atoms with Crippen LogP contribution in [0.5, 0.6) is 0 Å². The Kier molecular flexibility index (Phi) is 12.5. The van der Waals surface area contributed by atoms with Crippen LogP contribution in [0.4, 0.5) is 8.78 Å². The summed E-state index contributed by atoms with van der Waals surface area (Å²) in [4.78, 5) is 0. The van der Waals surface area contributed by atoms with Gasteiger partial charge in [-0.1, -0.05) is 38.1 Å². The monoisotopic (exact) mass is 596 g/mol. The van der Waals surface area contributed by atoms with E-state index in [4.69, 9.17) is 0 Å². The minimum Gasteiger partial charge on any atom is -1.00 e. The second-order valence-corrected chi connectivity index (χ2v) is 6.26. The first kappa shape index (κ1) is 27.7. The van der Waals surface area contributed by atoms with Crippen molar-refractivity contribution >= 4 is 11.1 Å². The van der Waals surface area contributed by atoms with Gasteiger partial charge in [0.15, 0.2) is 0 Å². The van der Waals surface area contributed by atoms with Crippen molar-refractivity contribution in [1.29, 1.82) is 0 Å². The molecule has 0 unspecified atom stereocenters. The Morgan fingerprint density at radius 1 is 0.621 bits per heavy atom. The summed E-state index contributed by atoms with van der Waals surface area (Å²) in [6.45, 7) is 4.06. The summed E-state index contributed by atoms with van der Waals surface area (Å²) in [7, 11) is 0. The van der Waals surface area contributed by atoms with Gasteiger partial charge in [0.05, 0.1) is 0 Å². The molecule has 0 spiro atoms. The third kappa shape index (κ3) is 7.47. The van der Waals surface area contributed by atoms with E-state index in [1.807, 2.05) is 13.8 Å². The molecule has 0 amide bonds. The molecule has 5 heteroatoms. The van der Waals surface area contributed by atoms with Crippen molar-refractivity contribution in [3.8, 4) is 0 Å². The van der Waals surface area contributed by atoms with E-state index in [1.54, 1.807) is 24.3 Å². The van der Waals surface area contributed by atoms with Crippen LogP contribution in [0.2, 0.25) is 0 Å². The Balaban J connectivity index is 0.000000490. The van der Waals surface area contributed by atoms with Gasteiger partial charge < -0.3 is 24.8 Å². The molecule has 29 heavy (non-hydrogen) atoms. The third-order valence-corrected chi connectivity index (χ3v) is 4.47. The molecule has 0 aromatic heterocycles. The predicted octanol–water partition coefficient (Wildman–Crippen LogP) is 0.730. The van der Waals surface area contributed by atoms with Crippen LogP contribution in [0.3, 0.4) is 0 Å². The van der Waals surface area contributed by atoms with Gasteiger partial charge >= 0.3 is 25.8 Å². The van der Waals surface area contributed by atoms with E-state index < -0.39 is 0 Å². The van der Waals surface area contributed by atoms with Gasteiger partial charge in [-0.15, -0.1) is 24.0 Å². The van der Waals surface area contributed by atoms with Crippen LogP contribution < -0.4 is 24.8 Å². The molecule has 0 fully saturated rings. The molecule has 0 atom stereocenters. The number of benzene rings is 2. The Morgan fingerprint density at radius 2 is 0.931 bits per heavy atom. The Labute approximate surface area is 203 Å². The van der Waals surface area contributed by atoms with Gasteiger partial charge in [0.1, 0.15) is 11.6 Å². The molecule has 0 N–H and O–H groups in total. The first-order valence-electron chi connectivity index (χ1n) is 8.62. The Morgan fingerprint density at radius 3 is 1.17 bits per heavy atom. The van der Waals surface area contributed by atoms with E-state index in [9.17, 15) is 8.78 Å². The van der Waals surface area contributed by atoms with Crippen LogP contribution in [0.25, 0.3) is 11.1 Å². The Bertz CT molecular complexity index is 831. The maximum atomic E-state index is 12.6. The standard InChI is InChI=1S/2C12H10F.2ClH.Hf/c2*1-9-3-2-4-12(9)10-5-7-11(13)8-6-10;;;/h2*4-8H,2H2,1H3;2*1H;/q2*-1;;;+4/p-2. The molecule has 2 aliphatic rings. The molecule has 0 heterocycles. The van der Waals surface area contributed by atoms with E-state index in [1.165, 1.54) is 35.4 Å². The average molecular weight is 596 g/mol. The van der Waals surface area contributed by atoms with Crippen molar-refractivity contribution in [2.75, 3.05) is 0 Å². The zero-order valence-corrected chi connectivity index (χ0v) is 21.3. The molecule has 0 bridgehead atoms. The first-order valence-corrected chi connectivity index (χ1v) is 8.62. The largest absolute Gasteiger partial charge is 4.00 e. The molecule has 0 saturated heterocycles. The van der Waals surface area contributed by atoms with Gasteiger partial charge in [0.25, 0.3) is 0 Å². The van der Waals surface area contributed by atoms with Crippen LogP contribution in [0.15, 0.2) is 71.8 Å². The maximum absolute atomic E-state index is 12.6. The van der Waals surface area contributed by atoms with Crippen molar-refractivity contribution in [1.82, 2.24) is 0 Å². The summed E-state index contributed by atoms with van der Waals surface area (Å²) in [6, 6.07) is 13.2. The fraction of sp³-hybridized carbons (Fsp3) is 0.167. The molecule has 0 nitrogen and oxygen atoms in total. The quantitative estimate of drug-likeness (QED) is 0.355. The normalized spacial score (nSPS) is 13.9. The van der Waals surface area contributed by atoms with Gasteiger partial charge in [0.2, 0.25) is 0 Å². The summed E-state index contributed by atoms with van der Waals surface area (Å²) in [6.07, 6.45) is 12.4. The van der Waals surface area contributed by atoms with Crippen molar-refractivity contribution in [2.24, 2.45) is 0 Å². The zero-order chi connectivity index (χ0) is 18.5. The molecule has 0 radical (unpaired) electrons. The molecule has 2 aromatic carbocycles. The van der Waals surface area contributed by atoms with Gasteiger partial charge in [-0.05, 0) is 24.3 Å². The van der Waals surface area contributed by atoms with Crippen LogP contribution in [-0.4, -0.2) is 0 Å². The second kappa shape index (κ2) is 13.1. The van der Waals surface area contributed by atoms with Crippen LogP contribution in [0.1, 0.15) is 37.8 Å². The number of hydrogen-bond donors (Lipinski definition) is 0. The first-order chi connectivity index (χ1) is 12.5. The molecule has 2 aliphatic carbocycles. The van der Waals surface area contributed by atoms with Crippen molar-refractivity contribution in [2.45, 2.75) is 26.7 Å². The minimum absolute atomic E-state index is 0. The smallest absolute Gasteiger partial charge is 1.00 e. The molecule has 148 valence electrons. The van der Waals surface area contributed by atoms with Crippen LogP contribution in [0, 0.1) is 23.8 Å². The van der Waals surface area contributed by atoms with E-state index >= 15 is 0 Å². The summed E-state index contributed by atoms with van der Waals surface area (Å²) in [5, 5.41) is 0. The molecule has 2 aromatic rings.